The van der Waals surface area contributed by atoms with Gasteiger partial charge in [-0.25, -0.2) is 4.79 Å². The summed E-state index contributed by atoms with van der Waals surface area (Å²) in [5.74, 6) is 0.0104. The van der Waals surface area contributed by atoms with Gasteiger partial charge in [0.05, 0.1) is 5.56 Å². The number of nitrogens with zero attached hydrogens (tertiary/aromatic N) is 1. The molecule has 2 rings (SSSR count). The van der Waals surface area contributed by atoms with Crippen molar-refractivity contribution in [2.45, 2.75) is 13.5 Å². The third-order valence-corrected chi connectivity index (χ3v) is 2.31. The molecule has 0 fully saturated rings. The van der Waals surface area contributed by atoms with Gasteiger partial charge >= 0.3 is 5.97 Å². The Morgan fingerprint density at radius 2 is 2.12 bits per heavy atom. The van der Waals surface area contributed by atoms with Gasteiger partial charge in [0.2, 0.25) is 0 Å². The molecule has 5 heteroatoms. The molecule has 1 N–H and O–H groups in total. The minimum absolute atomic E-state index is 0.0987. The van der Waals surface area contributed by atoms with Gasteiger partial charge in [-0.3, -0.25) is 0 Å². The summed E-state index contributed by atoms with van der Waals surface area (Å²) in [6, 6.07) is 9.15. The fourth-order valence-electron chi connectivity index (χ4n) is 1.40. The molecule has 2 aromatic rings. The van der Waals surface area contributed by atoms with Crippen LogP contribution in [0.2, 0.25) is 0 Å². The first-order chi connectivity index (χ1) is 8.18. The van der Waals surface area contributed by atoms with Crippen molar-refractivity contribution >= 4 is 5.97 Å². The predicted octanol–water partition coefficient (Wildman–Crippen LogP) is 2.26. The van der Waals surface area contributed by atoms with Gasteiger partial charge in [0, 0.05) is 0 Å². The van der Waals surface area contributed by atoms with E-state index in [1.165, 1.54) is 0 Å². The molecule has 1 aromatic carbocycles. The summed E-state index contributed by atoms with van der Waals surface area (Å²) in [6.07, 6.45) is 0. The SMILES string of the molecule is Cc1onc(C(=O)O)c1COc1ccccc1. The van der Waals surface area contributed by atoms with Crippen LogP contribution in [0.15, 0.2) is 34.9 Å². The van der Waals surface area contributed by atoms with Gasteiger partial charge in [-0.15, -0.1) is 0 Å². The molecule has 0 bridgehead atoms. The second-order valence-corrected chi connectivity index (χ2v) is 3.47. The molecule has 1 aromatic heterocycles. The number of rotatable bonds is 4. The Balaban J connectivity index is 2.14. The van der Waals surface area contributed by atoms with Crippen LogP contribution >= 0.6 is 0 Å². The summed E-state index contributed by atoms with van der Waals surface area (Å²) in [7, 11) is 0. The van der Waals surface area contributed by atoms with Gasteiger partial charge in [-0.05, 0) is 19.1 Å². The van der Waals surface area contributed by atoms with Crippen LogP contribution in [0.25, 0.3) is 0 Å². The van der Waals surface area contributed by atoms with Gasteiger partial charge in [-0.1, -0.05) is 23.4 Å². The summed E-state index contributed by atoms with van der Waals surface area (Å²) in [5, 5.41) is 12.4. The molecule has 0 unspecified atom stereocenters. The minimum Gasteiger partial charge on any atom is -0.489 e. The van der Waals surface area contributed by atoms with Crippen LogP contribution in [0.3, 0.4) is 0 Å². The minimum atomic E-state index is -1.12. The van der Waals surface area contributed by atoms with Gasteiger partial charge < -0.3 is 14.4 Å². The lowest BCUT2D eigenvalue weighted by Crippen LogP contribution is -2.05. The number of hydrogen-bond acceptors (Lipinski definition) is 4. The van der Waals surface area contributed by atoms with Crippen LogP contribution in [-0.4, -0.2) is 16.2 Å². The van der Waals surface area contributed by atoms with Crippen molar-refractivity contribution in [2.24, 2.45) is 0 Å². The highest BCUT2D eigenvalue weighted by molar-refractivity contribution is 5.87. The Morgan fingerprint density at radius 1 is 1.41 bits per heavy atom. The first-order valence-corrected chi connectivity index (χ1v) is 5.05. The number of aryl methyl sites for hydroxylation is 1. The van der Waals surface area contributed by atoms with Gasteiger partial charge in [-0.2, -0.15) is 0 Å². The van der Waals surface area contributed by atoms with Crippen molar-refractivity contribution in [3.05, 3.63) is 47.3 Å². The fourth-order valence-corrected chi connectivity index (χ4v) is 1.40. The Bertz CT molecular complexity index is 519. The van der Waals surface area contributed by atoms with Crippen molar-refractivity contribution < 1.29 is 19.2 Å². The molecule has 0 aliphatic carbocycles. The van der Waals surface area contributed by atoms with Crippen molar-refractivity contribution in [1.29, 1.82) is 0 Å². The van der Waals surface area contributed by atoms with E-state index in [2.05, 4.69) is 5.16 Å². The van der Waals surface area contributed by atoms with Gasteiger partial charge in [0.25, 0.3) is 0 Å². The maximum Gasteiger partial charge on any atom is 0.358 e. The van der Waals surface area contributed by atoms with Crippen molar-refractivity contribution in [2.75, 3.05) is 0 Å². The molecule has 5 nitrogen and oxygen atoms in total. The molecule has 0 saturated carbocycles. The number of hydrogen-bond donors (Lipinski definition) is 1. The third-order valence-electron chi connectivity index (χ3n) is 2.31. The molecule has 1 heterocycles. The predicted molar refractivity (Wildman–Crippen MR) is 59.0 cm³/mol. The summed E-state index contributed by atoms with van der Waals surface area (Å²) >= 11 is 0. The topological polar surface area (TPSA) is 72.6 Å². The van der Waals surface area contributed by atoms with Crippen molar-refractivity contribution in [1.82, 2.24) is 5.16 Å². The Morgan fingerprint density at radius 3 is 2.76 bits per heavy atom. The van der Waals surface area contributed by atoms with E-state index in [0.717, 1.165) is 0 Å². The van der Waals surface area contributed by atoms with Crippen LogP contribution < -0.4 is 4.74 Å². The van der Waals surface area contributed by atoms with Gasteiger partial charge in [0.1, 0.15) is 18.1 Å². The maximum atomic E-state index is 10.9. The van der Waals surface area contributed by atoms with Crippen LogP contribution in [0.5, 0.6) is 5.75 Å². The molecule has 88 valence electrons. The zero-order valence-corrected chi connectivity index (χ0v) is 9.21. The van der Waals surface area contributed by atoms with Crippen LogP contribution in [0.4, 0.5) is 0 Å². The monoisotopic (exact) mass is 233 g/mol. The molecule has 0 aliphatic rings. The lowest BCUT2D eigenvalue weighted by Gasteiger charge is -2.04. The van der Waals surface area contributed by atoms with E-state index in [4.69, 9.17) is 14.4 Å². The zero-order valence-electron chi connectivity index (χ0n) is 9.21. The number of carbonyl (C=O) groups is 1. The fraction of sp³-hybridized carbons (Fsp3) is 0.167. The smallest absolute Gasteiger partial charge is 0.358 e. The highest BCUT2D eigenvalue weighted by atomic mass is 16.5. The van der Waals surface area contributed by atoms with E-state index in [1.807, 2.05) is 18.2 Å². The number of carboxylic acids is 1. The Labute approximate surface area is 97.6 Å². The maximum absolute atomic E-state index is 10.9. The van der Waals surface area contributed by atoms with E-state index < -0.39 is 5.97 Å². The summed E-state index contributed by atoms with van der Waals surface area (Å²) in [4.78, 5) is 10.9. The summed E-state index contributed by atoms with van der Waals surface area (Å²) < 4.78 is 10.3. The van der Waals surface area contributed by atoms with E-state index in [9.17, 15) is 4.79 Å². The standard InChI is InChI=1S/C12H11NO4/c1-8-10(11(12(14)15)13-17-8)7-16-9-5-3-2-4-6-9/h2-6H,7H2,1H3,(H,14,15). The average Bonchev–Trinajstić information content (AvgIpc) is 2.69. The highest BCUT2D eigenvalue weighted by Gasteiger charge is 2.19. The molecule has 0 radical (unpaired) electrons. The van der Waals surface area contributed by atoms with Crippen LogP contribution in [0.1, 0.15) is 21.8 Å². The molecule has 17 heavy (non-hydrogen) atoms. The average molecular weight is 233 g/mol. The summed E-state index contributed by atoms with van der Waals surface area (Å²) in [6.45, 7) is 1.78. The normalized spacial score (nSPS) is 10.2. The third kappa shape index (κ3) is 2.44. The molecule has 0 atom stereocenters. The second kappa shape index (κ2) is 4.69. The van der Waals surface area contributed by atoms with Gasteiger partial charge in [0.15, 0.2) is 5.69 Å². The van der Waals surface area contributed by atoms with E-state index in [-0.39, 0.29) is 12.3 Å². The molecule has 0 aliphatic heterocycles. The highest BCUT2D eigenvalue weighted by Crippen LogP contribution is 2.17. The lowest BCUT2D eigenvalue weighted by atomic mass is 10.2. The number of ether oxygens (including phenoxy) is 1. The Kier molecular flexibility index (Phi) is 3.09. The number of carboxylic acid groups (broad SMARTS) is 1. The second-order valence-electron chi connectivity index (χ2n) is 3.47. The largest absolute Gasteiger partial charge is 0.489 e. The lowest BCUT2D eigenvalue weighted by molar-refractivity contribution is 0.0683. The molecule has 0 saturated heterocycles. The molecular weight excluding hydrogens is 222 g/mol. The first-order valence-electron chi connectivity index (χ1n) is 5.05. The number of benzene rings is 1. The summed E-state index contributed by atoms with van der Waals surface area (Å²) in [5.41, 5.74) is 0.361. The van der Waals surface area contributed by atoms with E-state index in [0.29, 0.717) is 17.1 Å². The number of aromatic carboxylic acids is 1. The first kappa shape index (κ1) is 11.2. The molecule has 0 amide bonds. The molecular formula is C12H11NO4. The zero-order chi connectivity index (χ0) is 12.3. The van der Waals surface area contributed by atoms with Crippen LogP contribution in [0, 0.1) is 6.92 Å². The van der Waals surface area contributed by atoms with E-state index >= 15 is 0 Å². The Hall–Kier alpha value is -2.30. The van der Waals surface area contributed by atoms with E-state index in [1.54, 1.807) is 19.1 Å². The molecule has 0 spiro atoms. The van der Waals surface area contributed by atoms with Crippen molar-refractivity contribution in [3.63, 3.8) is 0 Å². The van der Waals surface area contributed by atoms with Crippen molar-refractivity contribution in [3.8, 4) is 5.75 Å². The quantitative estimate of drug-likeness (QED) is 0.876. The number of aromatic nitrogens is 1. The number of para-hydroxylation sites is 1. The van der Waals surface area contributed by atoms with Crippen LogP contribution in [-0.2, 0) is 6.61 Å².